The van der Waals surface area contributed by atoms with Crippen molar-refractivity contribution in [1.29, 1.82) is 0 Å². The molecule has 0 atom stereocenters. The lowest BCUT2D eigenvalue weighted by atomic mass is 10.2. The van der Waals surface area contributed by atoms with Crippen LogP contribution in [-0.2, 0) is 10.0 Å². The molecule has 0 saturated carbocycles. The molecule has 1 aliphatic heterocycles. The molecule has 1 fully saturated rings. The maximum absolute atomic E-state index is 12.6. The number of hydrogen-bond donors (Lipinski definition) is 1. The maximum atomic E-state index is 12.6. The van der Waals surface area contributed by atoms with Crippen molar-refractivity contribution < 1.29 is 13.2 Å². The number of carbonyl (C=O) groups is 1. The molecule has 2 aromatic carbocycles. The number of sulfonamides is 1. The third kappa shape index (κ3) is 5.33. The van der Waals surface area contributed by atoms with Gasteiger partial charge in [-0.1, -0.05) is 30.3 Å². The summed E-state index contributed by atoms with van der Waals surface area (Å²) in [6, 6.07) is 17.2. The van der Waals surface area contributed by atoms with Gasteiger partial charge in [0.1, 0.15) is 0 Å². The van der Waals surface area contributed by atoms with Gasteiger partial charge in [0.15, 0.2) is 0 Å². The molecule has 3 rings (SSSR count). The van der Waals surface area contributed by atoms with Crippen molar-refractivity contribution in [3.8, 4) is 0 Å². The average Bonchev–Trinajstić information content (AvgIpc) is 2.72. The molecule has 0 unspecified atom stereocenters. The Bertz CT molecular complexity index is 898. The van der Waals surface area contributed by atoms with Gasteiger partial charge in [-0.2, -0.15) is 4.31 Å². The molecule has 150 valence electrons. The van der Waals surface area contributed by atoms with Crippen LogP contribution in [0.1, 0.15) is 16.8 Å². The molecule has 0 spiro atoms. The van der Waals surface area contributed by atoms with Gasteiger partial charge in [0.05, 0.1) is 11.3 Å². The molecule has 8 heteroatoms. The van der Waals surface area contributed by atoms with Crippen LogP contribution in [0, 0.1) is 0 Å². The van der Waals surface area contributed by atoms with Gasteiger partial charge < -0.3 is 10.2 Å². The highest BCUT2D eigenvalue weighted by atomic mass is 79.9. The molecule has 1 heterocycles. The van der Waals surface area contributed by atoms with Crippen LogP contribution in [0.25, 0.3) is 0 Å². The van der Waals surface area contributed by atoms with E-state index in [0.29, 0.717) is 44.7 Å². The van der Waals surface area contributed by atoms with Crippen LogP contribution in [0.4, 0.5) is 5.69 Å². The maximum Gasteiger partial charge on any atom is 0.252 e. The highest BCUT2D eigenvalue weighted by Crippen LogP contribution is 2.18. The van der Waals surface area contributed by atoms with E-state index in [1.54, 1.807) is 22.5 Å². The number of halogens is 1. The highest BCUT2D eigenvalue weighted by molar-refractivity contribution is 9.10. The molecule has 1 N–H and O–H groups in total. The summed E-state index contributed by atoms with van der Waals surface area (Å²) in [6.07, 6.45) is 0.386. The Labute approximate surface area is 174 Å². The van der Waals surface area contributed by atoms with Crippen LogP contribution in [0.2, 0.25) is 0 Å². The van der Waals surface area contributed by atoms with E-state index in [-0.39, 0.29) is 11.7 Å². The van der Waals surface area contributed by atoms with Crippen molar-refractivity contribution in [2.75, 3.05) is 43.4 Å². The second-order valence-electron chi connectivity index (χ2n) is 6.63. The molecule has 6 nitrogen and oxygen atoms in total. The van der Waals surface area contributed by atoms with Gasteiger partial charge in [-0.15, -0.1) is 0 Å². The normalized spacial score (nSPS) is 15.4. The number of piperazine rings is 1. The summed E-state index contributed by atoms with van der Waals surface area (Å²) in [5.74, 6) is -0.171. The van der Waals surface area contributed by atoms with Gasteiger partial charge in [0.25, 0.3) is 5.91 Å². The monoisotopic (exact) mass is 465 g/mol. The fourth-order valence-electron chi connectivity index (χ4n) is 3.19. The van der Waals surface area contributed by atoms with Crippen molar-refractivity contribution in [2.24, 2.45) is 0 Å². The Kier molecular flexibility index (Phi) is 7.09. The molecule has 0 aromatic heterocycles. The van der Waals surface area contributed by atoms with Crippen LogP contribution < -0.4 is 10.2 Å². The number of carbonyl (C=O) groups excluding carboxylic acids is 1. The minimum absolute atomic E-state index is 0.0363. The minimum Gasteiger partial charge on any atom is -0.369 e. The molecule has 2 aromatic rings. The van der Waals surface area contributed by atoms with Crippen LogP contribution in [-0.4, -0.2) is 57.1 Å². The summed E-state index contributed by atoms with van der Waals surface area (Å²) in [5.41, 5.74) is 1.66. The van der Waals surface area contributed by atoms with E-state index >= 15 is 0 Å². The second kappa shape index (κ2) is 9.54. The molecular weight excluding hydrogens is 442 g/mol. The van der Waals surface area contributed by atoms with Crippen LogP contribution in [0.15, 0.2) is 59.1 Å². The molecule has 0 bridgehead atoms. The molecular formula is C20H24BrN3O3S. The Balaban J connectivity index is 1.43. The van der Waals surface area contributed by atoms with E-state index in [4.69, 9.17) is 0 Å². The predicted octanol–water partition coefficient (Wildman–Crippen LogP) is 2.72. The Morgan fingerprint density at radius 1 is 0.964 bits per heavy atom. The Morgan fingerprint density at radius 3 is 2.29 bits per heavy atom. The number of rotatable bonds is 7. The van der Waals surface area contributed by atoms with Crippen molar-refractivity contribution >= 4 is 37.5 Å². The molecule has 1 amide bonds. The predicted molar refractivity (Wildman–Crippen MR) is 115 cm³/mol. The Hall–Kier alpha value is -1.90. The van der Waals surface area contributed by atoms with Gasteiger partial charge in [-0.25, -0.2) is 8.42 Å². The van der Waals surface area contributed by atoms with E-state index in [1.807, 2.05) is 36.4 Å². The van der Waals surface area contributed by atoms with Gasteiger partial charge in [0.2, 0.25) is 10.0 Å². The molecule has 0 aliphatic carbocycles. The van der Waals surface area contributed by atoms with Crippen molar-refractivity contribution in [1.82, 2.24) is 9.62 Å². The number of anilines is 1. The molecule has 28 heavy (non-hydrogen) atoms. The molecule has 1 saturated heterocycles. The zero-order chi connectivity index (χ0) is 20.0. The molecule has 1 aliphatic rings. The van der Waals surface area contributed by atoms with Crippen LogP contribution >= 0.6 is 15.9 Å². The van der Waals surface area contributed by atoms with E-state index < -0.39 is 10.0 Å². The topological polar surface area (TPSA) is 69.7 Å². The van der Waals surface area contributed by atoms with Crippen LogP contribution in [0.5, 0.6) is 0 Å². The summed E-state index contributed by atoms with van der Waals surface area (Å²) < 4.78 is 27.4. The second-order valence-corrected chi connectivity index (χ2v) is 9.57. The van der Waals surface area contributed by atoms with Gasteiger partial charge >= 0.3 is 0 Å². The first kappa shape index (κ1) is 20.8. The quantitative estimate of drug-likeness (QED) is 0.638. The smallest absolute Gasteiger partial charge is 0.252 e. The fraction of sp³-hybridized carbons (Fsp3) is 0.350. The number of benzene rings is 2. The molecule has 0 radical (unpaired) electrons. The lowest BCUT2D eigenvalue weighted by Crippen LogP contribution is -2.49. The number of nitrogens with one attached hydrogen (secondary N) is 1. The fourth-order valence-corrected chi connectivity index (χ4v) is 5.14. The van der Waals surface area contributed by atoms with E-state index in [9.17, 15) is 13.2 Å². The number of amides is 1. The zero-order valence-corrected chi connectivity index (χ0v) is 18.0. The first-order valence-corrected chi connectivity index (χ1v) is 11.7. The number of hydrogen-bond acceptors (Lipinski definition) is 4. The van der Waals surface area contributed by atoms with E-state index in [0.717, 1.165) is 10.2 Å². The van der Waals surface area contributed by atoms with Crippen molar-refractivity contribution in [2.45, 2.75) is 6.42 Å². The number of para-hydroxylation sites is 1. The largest absolute Gasteiger partial charge is 0.369 e. The standard InChI is InChI=1S/C20H24BrN3O3S/c21-19-10-5-4-9-18(19)20(25)22-11-6-16-28(26,27)24-14-12-23(13-15-24)17-7-2-1-3-8-17/h1-5,7-10H,6,11-16H2,(H,22,25). The average molecular weight is 466 g/mol. The summed E-state index contributed by atoms with van der Waals surface area (Å²) in [4.78, 5) is 14.4. The zero-order valence-electron chi connectivity index (χ0n) is 15.6. The van der Waals surface area contributed by atoms with E-state index in [2.05, 4.69) is 26.1 Å². The van der Waals surface area contributed by atoms with Crippen molar-refractivity contribution in [3.05, 3.63) is 64.6 Å². The van der Waals surface area contributed by atoms with Gasteiger partial charge in [-0.3, -0.25) is 4.79 Å². The first-order valence-electron chi connectivity index (χ1n) is 9.28. The summed E-state index contributed by atoms with van der Waals surface area (Å²) in [5, 5.41) is 2.78. The third-order valence-corrected chi connectivity index (χ3v) is 7.38. The van der Waals surface area contributed by atoms with E-state index in [1.165, 1.54) is 0 Å². The van der Waals surface area contributed by atoms with Crippen molar-refractivity contribution in [3.63, 3.8) is 0 Å². The Morgan fingerprint density at radius 2 is 1.61 bits per heavy atom. The van der Waals surface area contributed by atoms with Gasteiger partial charge in [0, 0.05) is 42.9 Å². The summed E-state index contributed by atoms with van der Waals surface area (Å²) in [6.45, 7) is 2.66. The van der Waals surface area contributed by atoms with Gasteiger partial charge in [-0.05, 0) is 46.6 Å². The third-order valence-electron chi connectivity index (χ3n) is 4.74. The van der Waals surface area contributed by atoms with Crippen LogP contribution in [0.3, 0.4) is 0 Å². The summed E-state index contributed by atoms with van der Waals surface area (Å²) >= 11 is 3.34. The highest BCUT2D eigenvalue weighted by Gasteiger charge is 2.26. The lowest BCUT2D eigenvalue weighted by molar-refractivity contribution is 0.0953. The summed E-state index contributed by atoms with van der Waals surface area (Å²) in [7, 11) is -3.31. The SMILES string of the molecule is O=C(NCCCS(=O)(=O)N1CCN(c2ccccc2)CC1)c1ccccc1Br. The number of nitrogens with zero attached hydrogens (tertiary/aromatic N) is 2. The minimum atomic E-state index is -3.31. The first-order chi connectivity index (χ1) is 13.5. The lowest BCUT2D eigenvalue weighted by Gasteiger charge is -2.35.